The second-order valence-electron chi connectivity index (χ2n) is 8.81. The number of carboxylic acid groups (broad SMARTS) is 1. The minimum atomic E-state index is -1.30. The number of halogens is 1. The highest BCUT2D eigenvalue weighted by Gasteiger charge is 2.50. The molecule has 0 spiro atoms. The molecule has 11 heteroatoms. The second-order valence-corrected chi connectivity index (χ2v) is 10.6. The van der Waals surface area contributed by atoms with Gasteiger partial charge in [-0.3, -0.25) is 20.2 Å². The molecule has 0 amide bonds. The van der Waals surface area contributed by atoms with Crippen LogP contribution in [0.3, 0.4) is 0 Å². The van der Waals surface area contributed by atoms with Gasteiger partial charge in [0, 0.05) is 35.1 Å². The van der Waals surface area contributed by atoms with Crippen LogP contribution < -0.4 is 10.4 Å². The van der Waals surface area contributed by atoms with Gasteiger partial charge in [0.1, 0.15) is 0 Å². The molecule has 1 aliphatic carbocycles. The molecule has 0 saturated heterocycles. The number of nitrogens with zero attached hydrogens (tertiary/aromatic N) is 2. The maximum atomic E-state index is 11.6. The zero-order valence-corrected chi connectivity index (χ0v) is 20.1. The number of anilines is 1. The molecular weight excluding hydrogens is 506 g/mol. The summed E-state index contributed by atoms with van der Waals surface area (Å²) in [7, 11) is 0. The molecule has 5 unspecified atom stereocenters. The molecular formula is C25H19ClN3O6S-. The number of nitrogens with one attached hydrogen (secondary N) is 1. The van der Waals surface area contributed by atoms with Crippen LogP contribution in [-0.2, 0) is 0 Å². The molecule has 2 aliphatic rings. The fraction of sp³-hybridized carbons (Fsp3) is 0.240. The molecule has 0 bridgehead atoms. The molecule has 0 aromatic heterocycles. The largest absolute Gasteiger partial charge is 0.545 e. The third kappa shape index (κ3) is 4.27. The van der Waals surface area contributed by atoms with Crippen LogP contribution in [0.25, 0.3) is 0 Å². The van der Waals surface area contributed by atoms with E-state index in [1.54, 1.807) is 36.4 Å². The summed E-state index contributed by atoms with van der Waals surface area (Å²) >= 11 is 8.37. The molecule has 1 aliphatic heterocycles. The topological polar surface area (TPSA) is 138 Å². The zero-order valence-electron chi connectivity index (χ0n) is 18.6. The van der Waals surface area contributed by atoms with Crippen molar-refractivity contribution in [2.45, 2.75) is 33.9 Å². The molecule has 1 N–H and O–H groups in total. The van der Waals surface area contributed by atoms with E-state index in [-0.39, 0.29) is 40.1 Å². The van der Waals surface area contributed by atoms with Gasteiger partial charge in [-0.25, -0.2) is 0 Å². The first kappa shape index (κ1) is 24.1. The first-order valence-electron chi connectivity index (χ1n) is 11.1. The Morgan fingerprint density at radius 3 is 2.50 bits per heavy atom. The average molecular weight is 525 g/mol. The fourth-order valence-electron chi connectivity index (χ4n) is 5.28. The molecule has 0 radical (unpaired) electrons. The van der Waals surface area contributed by atoms with E-state index >= 15 is 0 Å². The number of rotatable bonds is 6. The van der Waals surface area contributed by atoms with Crippen LogP contribution in [0.1, 0.15) is 39.9 Å². The Labute approximate surface area is 214 Å². The van der Waals surface area contributed by atoms with Gasteiger partial charge in [-0.15, -0.1) is 23.4 Å². The van der Waals surface area contributed by atoms with E-state index in [4.69, 9.17) is 11.6 Å². The zero-order chi connectivity index (χ0) is 25.6. The second kappa shape index (κ2) is 9.44. The molecule has 9 nitrogen and oxygen atoms in total. The number of benzene rings is 3. The normalized spacial score (nSPS) is 24.3. The lowest BCUT2D eigenvalue weighted by Crippen LogP contribution is -2.32. The molecule has 1 saturated carbocycles. The number of para-hydroxylation sites is 1. The number of nitro groups is 2. The summed E-state index contributed by atoms with van der Waals surface area (Å²) in [5.41, 5.74) is 2.13. The van der Waals surface area contributed by atoms with Gasteiger partial charge in [0.2, 0.25) is 0 Å². The van der Waals surface area contributed by atoms with Crippen LogP contribution in [0.5, 0.6) is 0 Å². The standard InChI is InChI=1S/C25H20ClN3O6S/c26-23-21(36-20-7-2-1-6-19(20)29(34)35)12-17-22(23)16-11-14(25(30)31)8-9-18(16)27-24(17)13-4-3-5-15(10-13)28(32)33/h1-11,17,21-24,27H,12H2,(H,30,31)/p-1. The SMILES string of the molecule is O=C([O-])c1ccc2c(c1)C1C(Cl)C(Sc3ccccc3[N+](=O)[O-])CC1C(c1cccc([N+](=O)[O-])c1)N2. The van der Waals surface area contributed by atoms with Gasteiger partial charge in [0.25, 0.3) is 11.4 Å². The summed E-state index contributed by atoms with van der Waals surface area (Å²) in [6, 6.07) is 17.2. The van der Waals surface area contributed by atoms with Crippen LogP contribution in [-0.4, -0.2) is 26.4 Å². The highest BCUT2D eigenvalue weighted by atomic mass is 35.5. The molecule has 3 aromatic rings. The monoisotopic (exact) mass is 524 g/mol. The van der Waals surface area contributed by atoms with Crippen molar-refractivity contribution in [1.29, 1.82) is 0 Å². The molecule has 3 aromatic carbocycles. The molecule has 1 fully saturated rings. The van der Waals surface area contributed by atoms with Gasteiger partial charge in [0.05, 0.1) is 32.1 Å². The van der Waals surface area contributed by atoms with Crippen molar-refractivity contribution in [3.63, 3.8) is 0 Å². The van der Waals surface area contributed by atoms with Crippen molar-refractivity contribution >= 4 is 46.4 Å². The van der Waals surface area contributed by atoms with Gasteiger partial charge in [-0.05, 0) is 47.2 Å². The van der Waals surface area contributed by atoms with Crippen molar-refractivity contribution in [2.24, 2.45) is 5.92 Å². The van der Waals surface area contributed by atoms with E-state index < -0.39 is 21.2 Å². The first-order chi connectivity index (χ1) is 17.2. The summed E-state index contributed by atoms with van der Waals surface area (Å²) in [6.07, 6.45) is 0.560. The van der Waals surface area contributed by atoms with E-state index in [9.17, 15) is 30.1 Å². The Hall–Kier alpha value is -3.63. The summed E-state index contributed by atoms with van der Waals surface area (Å²) in [4.78, 5) is 34.1. The number of carbonyl (C=O) groups excluding carboxylic acids is 1. The maximum absolute atomic E-state index is 11.6. The molecule has 1 heterocycles. The summed E-state index contributed by atoms with van der Waals surface area (Å²) in [6.45, 7) is 0. The number of hydrogen-bond donors (Lipinski definition) is 1. The van der Waals surface area contributed by atoms with Crippen LogP contribution in [0.2, 0.25) is 0 Å². The quantitative estimate of drug-likeness (QED) is 0.273. The highest BCUT2D eigenvalue weighted by molar-refractivity contribution is 8.00. The number of nitro benzene ring substituents is 2. The number of non-ortho nitro benzene ring substituents is 1. The average Bonchev–Trinajstić information content (AvgIpc) is 3.19. The fourth-order valence-corrected chi connectivity index (χ4v) is 7.22. The van der Waals surface area contributed by atoms with E-state index in [0.717, 1.165) is 5.56 Å². The Bertz CT molecular complexity index is 1390. The lowest BCUT2D eigenvalue weighted by molar-refractivity contribution is -0.387. The van der Waals surface area contributed by atoms with Gasteiger partial charge < -0.3 is 15.2 Å². The highest BCUT2D eigenvalue weighted by Crippen LogP contribution is 2.58. The van der Waals surface area contributed by atoms with Crippen LogP contribution in [0, 0.1) is 26.1 Å². The lowest BCUT2D eigenvalue weighted by Gasteiger charge is -2.38. The number of carbonyl (C=O) groups is 1. The van der Waals surface area contributed by atoms with Crippen molar-refractivity contribution in [2.75, 3.05) is 5.32 Å². The molecule has 5 rings (SSSR count). The Morgan fingerprint density at radius 1 is 1.00 bits per heavy atom. The number of aromatic carboxylic acids is 1. The Balaban J connectivity index is 1.57. The van der Waals surface area contributed by atoms with E-state index in [0.29, 0.717) is 22.6 Å². The summed E-state index contributed by atoms with van der Waals surface area (Å²) in [5, 5.41) is 37.3. The molecule has 5 atom stereocenters. The first-order valence-corrected chi connectivity index (χ1v) is 12.5. The number of fused-ring (bicyclic) bond motifs is 3. The Morgan fingerprint density at radius 2 is 1.78 bits per heavy atom. The van der Waals surface area contributed by atoms with E-state index in [1.165, 1.54) is 36.0 Å². The van der Waals surface area contributed by atoms with Crippen LogP contribution in [0.4, 0.5) is 17.1 Å². The number of alkyl halides is 1. The number of carboxylic acids is 1. The number of thioether (sulfide) groups is 1. The van der Waals surface area contributed by atoms with Crippen molar-refractivity contribution in [1.82, 2.24) is 0 Å². The van der Waals surface area contributed by atoms with E-state index in [2.05, 4.69) is 5.32 Å². The van der Waals surface area contributed by atoms with Crippen LogP contribution >= 0.6 is 23.4 Å². The maximum Gasteiger partial charge on any atom is 0.282 e. The van der Waals surface area contributed by atoms with Gasteiger partial charge in [-0.1, -0.05) is 30.3 Å². The summed E-state index contributed by atoms with van der Waals surface area (Å²) < 4.78 is 0. The van der Waals surface area contributed by atoms with Crippen molar-refractivity contribution in [3.8, 4) is 0 Å². The molecule has 184 valence electrons. The molecule has 36 heavy (non-hydrogen) atoms. The third-order valence-electron chi connectivity index (χ3n) is 6.83. The van der Waals surface area contributed by atoms with Crippen molar-refractivity contribution in [3.05, 3.63) is 104 Å². The van der Waals surface area contributed by atoms with Gasteiger partial charge >= 0.3 is 0 Å². The summed E-state index contributed by atoms with van der Waals surface area (Å²) in [5.74, 6) is -1.73. The van der Waals surface area contributed by atoms with E-state index in [1.807, 2.05) is 6.07 Å². The van der Waals surface area contributed by atoms with Crippen LogP contribution in [0.15, 0.2) is 71.6 Å². The minimum Gasteiger partial charge on any atom is -0.545 e. The Kier molecular flexibility index (Phi) is 6.31. The third-order valence-corrected chi connectivity index (χ3v) is 8.94. The lowest BCUT2D eigenvalue weighted by atomic mass is 9.76. The van der Waals surface area contributed by atoms with Gasteiger partial charge in [-0.2, -0.15) is 0 Å². The predicted molar refractivity (Wildman–Crippen MR) is 133 cm³/mol. The van der Waals surface area contributed by atoms with Gasteiger partial charge in [0.15, 0.2) is 0 Å². The number of hydrogen-bond acceptors (Lipinski definition) is 8. The van der Waals surface area contributed by atoms with Crippen molar-refractivity contribution < 1.29 is 19.7 Å². The predicted octanol–water partition coefficient (Wildman–Crippen LogP) is 4.91. The minimum absolute atomic E-state index is 0.00534. The smallest absolute Gasteiger partial charge is 0.282 e.